The number of aliphatic carboxylic acids is 1. The molecule has 0 heterocycles. The van der Waals surface area contributed by atoms with E-state index < -0.39 is 5.97 Å². The van der Waals surface area contributed by atoms with Crippen molar-refractivity contribution < 1.29 is 19.8 Å². The monoisotopic (exact) mass is 448 g/mol. The first-order chi connectivity index (χ1) is 15.1. The van der Waals surface area contributed by atoms with Crippen LogP contribution in [0.1, 0.15) is 106 Å². The van der Waals surface area contributed by atoms with E-state index in [9.17, 15) is 14.7 Å². The Bertz CT molecular complexity index is 689. The Morgan fingerprint density at radius 3 is 2.28 bits per heavy atom. The first kappa shape index (κ1) is 25.7. The van der Waals surface area contributed by atoms with Gasteiger partial charge >= 0.3 is 5.97 Å². The van der Waals surface area contributed by atoms with Gasteiger partial charge < -0.3 is 10.2 Å². The fourth-order valence-corrected chi connectivity index (χ4v) is 9.16. The number of aliphatic hydroxyl groups is 1. The van der Waals surface area contributed by atoms with Gasteiger partial charge in [-0.25, -0.2) is 0 Å². The summed E-state index contributed by atoms with van der Waals surface area (Å²) < 4.78 is 0. The van der Waals surface area contributed by atoms with Crippen molar-refractivity contribution in [3.8, 4) is 0 Å². The number of hydrogen-bond acceptors (Lipinski definition) is 3. The molecule has 4 heteroatoms. The zero-order chi connectivity index (χ0) is 23.8. The molecule has 32 heavy (non-hydrogen) atoms. The van der Waals surface area contributed by atoms with Crippen molar-refractivity contribution in [2.24, 2.45) is 52.3 Å². The smallest absolute Gasteiger partial charge is 0.303 e. The van der Waals surface area contributed by atoms with Crippen LogP contribution in [-0.2, 0) is 9.59 Å². The zero-order valence-electron chi connectivity index (χ0n) is 21.4. The summed E-state index contributed by atoms with van der Waals surface area (Å²) in [6.45, 7) is 13.3. The molecule has 4 nitrogen and oxygen atoms in total. The number of carbonyl (C=O) groups is 2. The van der Waals surface area contributed by atoms with Crippen LogP contribution in [0.3, 0.4) is 0 Å². The number of carbonyl (C=O) groups excluding carboxylic acids is 1. The average Bonchev–Trinajstić information content (AvgIpc) is 3.12. The van der Waals surface area contributed by atoms with E-state index in [1.54, 1.807) is 0 Å². The molecule has 0 bridgehead atoms. The third kappa shape index (κ3) is 4.07. The molecule has 7 unspecified atom stereocenters. The molecule has 4 aliphatic rings. The number of Topliss-reactive ketones (excluding diaryl/α,β-unsaturated/α-hetero) is 1. The van der Waals surface area contributed by atoms with Gasteiger partial charge in [-0.3, -0.25) is 9.59 Å². The van der Waals surface area contributed by atoms with Gasteiger partial charge in [-0.15, -0.1) is 0 Å². The SMILES string of the molecule is CC.CC[C@H]1C(=O)C2C3CCC([C@H](C)CCC(=O)O)C3(C)CCC2C2(C)CC[C@@H](O)CC12. The first-order valence-corrected chi connectivity index (χ1v) is 13.6. The maximum absolute atomic E-state index is 13.9. The molecule has 10 atom stereocenters. The molecule has 4 saturated carbocycles. The van der Waals surface area contributed by atoms with Crippen molar-refractivity contribution in [2.75, 3.05) is 0 Å². The lowest BCUT2D eigenvalue weighted by atomic mass is 9.42. The summed E-state index contributed by atoms with van der Waals surface area (Å²) >= 11 is 0. The molecular weight excluding hydrogens is 400 g/mol. The molecule has 0 aliphatic heterocycles. The second-order valence-corrected chi connectivity index (χ2v) is 11.8. The van der Waals surface area contributed by atoms with Crippen LogP contribution in [-0.4, -0.2) is 28.1 Å². The van der Waals surface area contributed by atoms with Crippen molar-refractivity contribution in [2.45, 2.75) is 112 Å². The van der Waals surface area contributed by atoms with Crippen LogP contribution >= 0.6 is 0 Å². The van der Waals surface area contributed by atoms with Gasteiger partial charge in [0, 0.05) is 18.3 Å². The molecule has 0 radical (unpaired) electrons. The summed E-state index contributed by atoms with van der Waals surface area (Å²) in [5, 5.41) is 19.5. The van der Waals surface area contributed by atoms with Crippen molar-refractivity contribution in [1.29, 1.82) is 0 Å². The van der Waals surface area contributed by atoms with Crippen molar-refractivity contribution in [1.82, 2.24) is 0 Å². The molecule has 4 rings (SSSR count). The number of hydrogen-bond donors (Lipinski definition) is 2. The Morgan fingerprint density at radius 2 is 1.66 bits per heavy atom. The number of carboxylic acid groups (broad SMARTS) is 1. The molecule has 0 amide bonds. The average molecular weight is 449 g/mol. The minimum Gasteiger partial charge on any atom is -0.481 e. The van der Waals surface area contributed by atoms with Crippen LogP contribution in [0.4, 0.5) is 0 Å². The van der Waals surface area contributed by atoms with E-state index in [1.165, 1.54) is 6.42 Å². The maximum atomic E-state index is 13.9. The molecular formula is C28H48O4. The minimum absolute atomic E-state index is 0.108. The van der Waals surface area contributed by atoms with Crippen LogP contribution in [0.5, 0.6) is 0 Å². The quantitative estimate of drug-likeness (QED) is 0.514. The predicted octanol–water partition coefficient (Wildman–Crippen LogP) is 6.35. The predicted molar refractivity (Wildman–Crippen MR) is 128 cm³/mol. The Morgan fingerprint density at radius 1 is 1.03 bits per heavy atom. The summed E-state index contributed by atoms with van der Waals surface area (Å²) in [4.78, 5) is 25.0. The topological polar surface area (TPSA) is 74.6 Å². The standard InChI is InChI=1S/C26H42O4.C2H6/c1-5-17-21-14-16(27)10-12-26(21,4)20-11-13-25(3)18(15(2)6-9-22(28)29)7-8-19(25)23(20)24(17)30;1-2/h15-21,23,27H,5-14H2,1-4H3,(H,28,29);1-2H3/t15-,16-,17-,18?,19?,20?,21?,23?,25?,26?;/m1./s1. The normalized spacial score (nSPS) is 46.2. The minimum atomic E-state index is -0.697. The Kier molecular flexibility index (Phi) is 7.85. The fourth-order valence-electron chi connectivity index (χ4n) is 9.16. The van der Waals surface area contributed by atoms with Crippen LogP contribution in [0.15, 0.2) is 0 Å². The van der Waals surface area contributed by atoms with E-state index in [2.05, 4.69) is 27.7 Å². The van der Waals surface area contributed by atoms with Gasteiger partial charge in [0.1, 0.15) is 5.78 Å². The Balaban J connectivity index is 0.00000141. The zero-order valence-corrected chi connectivity index (χ0v) is 21.4. The largest absolute Gasteiger partial charge is 0.481 e. The van der Waals surface area contributed by atoms with Crippen molar-refractivity contribution in [3.63, 3.8) is 0 Å². The van der Waals surface area contributed by atoms with Gasteiger partial charge in [-0.05, 0) is 98.2 Å². The van der Waals surface area contributed by atoms with Gasteiger partial charge in [0.25, 0.3) is 0 Å². The van der Waals surface area contributed by atoms with Gasteiger partial charge in [0.2, 0.25) is 0 Å². The summed E-state index contributed by atoms with van der Waals surface area (Å²) in [6, 6.07) is 0. The number of aliphatic hydroxyl groups excluding tert-OH is 1. The number of ketones is 1. The summed E-state index contributed by atoms with van der Waals surface area (Å²) in [6.07, 6.45) is 9.01. The van der Waals surface area contributed by atoms with E-state index in [-0.39, 0.29) is 35.2 Å². The molecule has 4 aliphatic carbocycles. The highest BCUT2D eigenvalue weighted by Gasteiger charge is 2.65. The highest BCUT2D eigenvalue weighted by atomic mass is 16.4. The third-order valence-electron chi connectivity index (χ3n) is 10.7. The number of rotatable bonds is 5. The van der Waals surface area contributed by atoms with Crippen molar-refractivity contribution in [3.05, 3.63) is 0 Å². The van der Waals surface area contributed by atoms with Crippen LogP contribution < -0.4 is 0 Å². The third-order valence-corrected chi connectivity index (χ3v) is 10.7. The van der Waals surface area contributed by atoms with Gasteiger partial charge in [0.05, 0.1) is 6.10 Å². The Labute approximate surface area is 195 Å². The van der Waals surface area contributed by atoms with Crippen LogP contribution in [0.2, 0.25) is 0 Å². The van der Waals surface area contributed by atoms with E-state index >= 15 is 0 Å². The molecule has 2 N–H and O–H groups in total. The van der Waals surface area contributed by atoms with Crippen LogP contribution in [0.25, 0.3) is 0 Å². The van der Waals surface area contributed by atoms with E-state index in [1.807, 2.05) is 13.8 Å². The van der Waals surface area contributed by atoms with Crippen LogP contribution in [0, 0.1) is 52.3 Å². The highest BCUT2D eigenvalue weighted by Crippen LogP contribution is 2.68. The number of fused-ring (bicyclic) bond motifs is 5. The van der Waals surface area contributed by atoms with Gasteiger partial charge in [-0.1, -0.05) is 41.5 Å². The Hall–Kier alpha value is -0.900. The maximum Gasteiger partial charge on any atom is 0.303 e. The highest BCUT2D eigenvalue weighted by molar-refractivity contribution is 5.86. The first-order valence-electron chi connectivity index (χ1n) is 13.6. The van der Waals surface area contributed by atoms with Crippen molar-refractivity contribution >= 4 is 11.8 Å². The van der Waals surface area contributed by atoms with E-state index in [4.69, 9.17) is 5.11 Å². The second-order valence-electron chi connectivity index (χ2n) is 11.8. The molecule has 0 aromatic heterocycles. The molecule has 0 spiro atoms. The second kappa shape index (κ2) is 9.76. The molecule has 184 valence electrons. The lowest BCUT2D eigenvalue weighted by molar-refractivity contribution is -0.173. The van der Waals surface area contributed by atoms with E-state index in [0.717, 1.165) is 51.4 Å². The van der Waals surface area contributed by atoms with E-state index in [0.29, 0.717) is 35.4 Å². The van der Waals surface area contributed by atoms with Gasteiger partial charge in [0.15, 0.2) is 0 Å². The molecule has 0 saturated heterocycles. The summed E-state index contributed by atoms with van der Waals surface area (Å²) in [5.74, 6) is 2.31. The molecule has 0 aromatic carbocycles. The molecule has 0 aromatic rings. The lowest BCUT2D eigenvalue weighted by Gasteiger charge is -2.62. The fraction of sp³-hybridized carbons (Fsp3) is 0.929. The summed E-state index contributed by atoms with van der Waals surface area (Å²) in [5.41, 5.74) is 0.358. The molecule has 4 fully saturated rings. The number of carboxylic acids is 1. The lowest BCUT2D eigenvalue weighted by Crippen LogP contribution is -2.60. The van der Waals surface area contributed by atoms with Gasteiger partial charge in [-0.2, -0.15) is 0 Å². The summed E-state index contributed by atoms with van der Waals surface area (Å²) in [7, 11) is 0.